The molecule has 0 heterocycles. The molecule has 0 fully saturated rings. The first-order valence-electron chi connectivity index (χ1n) is 8.13. The maximum absolute atomic E-state index is 12.3. The summed E-state index contributed by atoms with van der Waals surface area (Å²) in [5, 5.41) is 0.504. The van der Waals surface area contributed by atoms with E-state index in [1.54, 1.807) is 0 Å². The first-order valence-corrected chi connectivity index (χ1v) is 9.64. The van der Waals surface area contributed by atoms with Crippen LogP contribution in [0.3, 0.4) is 0 Å². The van der Waals surface area contributed by atoms with Crippen LogP contribution in [0.2, 0.25) is 0 Å². The molecule has 0 saturated carbocycles. The lowest BCUT2D eigenvalue weighted by Crippen LogP contribution is -2.09. The fourth-order valence-corrected chi connectivity index (χ4v) is 3.51. The minimum atomic E-state index is 0.176. The Balaban J connectivity index is 2.52. The number of thioether (sulfide) groups is 1. The summed E-state index contributed by atoms with van der Waals surface area (Å²) in [6, 6.07) is 8.25. The number of benzene rings is 1. The first-order chi connectivity index (χ1) is 10.6. The van der Waals surface area contributed by atoms with Gasteiger partial charge in [0.1, 0.15) is 0 Å². The van der Waals surface area contributed by atoms with Crippen molar-refractivity contribution < 1.29 is 4.79 Å². The number of thiol groups is 1. The van der Waals surface area contributed by atoms with E-state index in [1.807, 2.05) is 13.0 Å². The molecule has 0 N–H and O–H groups in total. The van der Waals surface area contributed by atoms with Crippen molar-refractivity contribution in [3.05, 3.63) is 41.0 Å². The smallest absolute Gasteiger partial charge is 0.215 e. The Bertz CT molecular complexity index is 477. The fourth-order valence-electron chi connectivity index (χ4n) is 2.20. The average Bonchev–Trinajstić information content (AvgIpc) is 2.52. The van der Waals surface area contributed by atoms with Gasteiger partial charge in [-0.25, -0.2) is 0 Å². The monoisotopic (exact) mass is 336 g/mol. The van der Waals surface area contributed by atoms with Crippen LogP contribution in [-0.4, -0.2) is 16.1 Å². The van der Waals surface area contributed by atoms with Gasteiger partial charge in [0, 0.05) is 16.6 Å². The molecule has 0 bridgehead atoms. The van der Waals surface area contributed by atoms with Crippen LogP contribution >= 0.6 is 24.4 Å². The molecule has 1 unspecified atom stereocenters. The van der Waals surface area contributed by atoms with E-state index in [0.29, 0.717) is 5.25 Å². The lowest BCUT2D eigenvalue weighted by molar-refractivity contribution is -0.107. The van der Waals surface area contributed by atoms with Crippen molar-refractivity contribution in [2.75, 3.05) is 5.75 Å². The second kappa shape index (κ2) is 11.0. The highest BCUT2D eigenvalue weighted by atomic mass is 32.2. The number of carbonyl (C=O) groups is 1. The van der Waals surface area contributed by atoms with Crippen molar-refractivity contribution >= 4 is 35.6 Å². The summed E-state index contributed by atoms with van der Waals surface area (Å²) in [6.45, 7) is 6.19. The minimum absolute atomic E-state index is 0.176. The highest BCUT2D eigenvalue weighted by Crippen LogP contribution is 2.24. The van der Waals surface area contributed by atoms with Crippen molar-refractivity contribution in [1.29, 1.82) is 0 Å². The van der Waals surface area contributed by atoms with Crippen LogP contribution < -0.4 is 0 Å². The average molecular weight is 337 g/mol. The molecule has 0 saturated heterocycles. The molecule has 0 aliphatic heterocycles. The van der Waals surface area contributed by atoms with Gasteiger partial charge in [-0.3, -0.25) is 4.79 Å². The zero-order valence-electron chi connectivity index (χ0n) is 14.0. The van der Waals surface area contributed by atoms with E-state index in [9.17, 15) is 4.79 Å². The molecule has 1 rings (SSSR count). The molecule has 1 aromatic carbocycles. The summed E-state index contributed by atoms with van der Waals surface area (Å²) in [5.74, 6) is 0.764. The van der Waals surface area contributed by atoms with E-state index in [1.165, 1.54) is 43.0 Å². The van der Waals surface area contributed by atoms with Crippen molar-refractivity contribution in [3.8, 4) is 0 Å². The van der Waals surface area contributed by atoms with Gasteiger partial charge in [-0.2, -0.15) is 12.6 Å². The number of unbranched alkanes of at least 4 members (excludes halogenated alkanes) is 3. The van der Waals surface area contributed by atoms with Gasteiger partial charge in [-0.15, -0.1) is 0 Å². The van der Waals surface area contributed by atoms with E-state index < -0.39 is 0 Å². The standard InChI is InChI=1S/C19H28OS2/c1-4-5-6-7-8-18(14-21)22-19(20)16(3)13-17-11-9-15(2)10-12-17/h9-13,18,21H,4-8,14H2,1-3H3/b16-13+. The molecule has 22 heavy (non-hydrogen) atoms. The van der Waals surface area contributed by atoms with Crippen LogP contribution in [0, 0.1) is 6.92 Å². The van der Waals surface area contributed by atoms with Crippen LogP contribution in [0.1, 0.15) is 57.1 Å². The third-order valence-electron chi connectivity index (χ3n) is 3.64. The Morgan fingerprint density at radius 2 is 1.91 bits per heavy atom. The highest BCUT2D eigenvalue weighted by Gasteiger charge is 2.14. The summed E-state index contributed by atoms with van der Waals surface area (Å²) < 4.78 is 0. The Labute approximate surface area is 145 Å². The summed E-state index contributed by atoms with van der Waals surface area (Å²) in [4.78, 5) is 12.3. The highest BCUT2D eigenvalue weighted by molar-refractivity contribution is 8.15. The van der Waals surface area contributed by atoms with Gasteiger partial charge in [0.15, 0.2) is 0 Å². The molecular formula is C19H28OS2. The Hall–Kier alpha value is -0.670. The molecule has 1 aromatic rings. The SMILES string of the molecule is CCCCCCC(CS)SC(=O)/C(C)=C/c1ccc(C)cc1. The zero-order valence-corrected chi connectivity index (χ0v) is 15.7. The molecule has 0 aliphatic rings. The number of aryl methyl sites for hydroxylation is 1. The predicted octanol–water partition coefficient (Wildman–Crippen LogP) is 5.93. The van der Waals surface area contributed by atoms with Crippen molar-refractivity contribution in [1.82, 2.24) is 0 Å². The number of hydrogen-bond acceptors (Lipinski definition) is 3. The lowest BCUT2D eigenvalue weighted by atomic mass is 10.1. The third-order valence-corrected chi connectivity index (χ3v) is 5.60. The molecule has 0 amide bonds. The van der Waals surface area contributed by atoms with Crippen molar-refractivity contribution in [3.63, 3.8) is 0 Å². The largest absolute Gasteiger partial charge is 0.282 e. The van der Waals surface area contributed by atoms with Crippen LogP contribution in [0.25, 0.3) is 6.08 Å². The Kier molecular flexibility index (Phi) is 9.65. The molecule has 0 radical (unpaired) electrons. The Morgan fingerprint density at radius 3 is 2.50 bits per heavy atom. The molecule has 122 valence electrons. The molecule has 1 nitrogen and oxygen atoms in total. The van der Waals surface area contributed by atoms with E-state index >= 15 is 0 Å². The van der Waals surface area contributed by atoms with Gasteiger partial charge in [0.2, 0.25) is 5.12 Å². The molecular weight excluding hydrogens is 308 g/mol. The van der Waals surface area contributed by atoms with Crippen LogP contribution in [-0.2, 0) is 4.79 Å². The predicted molar refractivity (Wildman–Crippen MR) is 104 cm³/mol. The van der Waals surface area contributed by atoms with Gasteiger partial charge in [0.25, 0.3) is 0 Å². The van der Waals surface area contributed by atoms with E-state index in [4.69, 9.17) is 0 Å². The van der Waals surface area contributed by atoms with Crippen molar-refractivity contribution in [2.45, 2.75) is 58.1 Å². The second-order valence-electron chi connectivity index (χ2n) is 5.80. The van der Waals surface area contributed by atoms with Crippen LogP contribution in [0.5, 0.6) is 0 Å². The number of rotatable bonds is 9. The molecule has 1 atom stereocenters. The van der Waals surface area contributed by atoms with E-state index in [2.05, 4.69) is 50.7 Å². The first kappa shape index (κ1) is 19.4. The molecule has 0 spiro atoms. The van der Waals surface area contributed by atoms with Crippen LogP contribution in [0.4, 0.5) is 0 Å². The van der Waals surface area contributed by atoms with E-state index in [0.717, 1.165) is 23.3 Å². The van der Waals surface area contributed by atoms with E-state index in [-0.39, 0.29) is 5.12 Å². The quantitative estimate of drug-likeness (QED) is 0.342. The minimum Gasteiger partial charge on any atom is -0.282 e. The van der Waals surface area contributed by atoms with Gasteiger partial charge >= 0.3 is 0 Å². The summed E-state index contributed by atoms with van der Waals surface area (Å²) in [5.41, 5.74) is 3.13. The summed E-state index contributed by atoms with van der Waals surface area (Å²) >= 11 is 5.85. The molecule has 0 aliphatic carbocycles. The lowest BCUT2D eigenvalue weighted by Gasteiger charge is -2.13. The van der Waals surface area contributed by atoms with Gasteiger partial charge in [0.05, 0.1) is 0 Å². The Morgan fingerprint density at radius 1 is 1.23 bits per heavy atom. The van der Waals surface area contributed by atoms with Gasteiger partial charge in [-0.1, -0.05) is 74.2 Å². The number of carbonyl (C=O) groups excluding carboxylic acids is 1. The molecule has 0 aromatic heterocycles. The molecule has 3 heteroatoms. The summed E-state index contributed by atoms with van der Waals surface area (Å²) in [6.07, 6.45) is 8.03. The maximum atomic E-state index is 12.3. The van der Waals surface area contributed by atoms with Crippen molar-refractivity contribution in [2.24, 2.45) is 0 Å². The topological polar surface area (TPSA) is 17.1 Å². The fraction of sp³-hybridized carbons (Fsp3) is 0.526. The van der Waals surface area contributed by atoms with Gasteiger partial charge in [-0.05, 0) is 31.9 Å². The maximum Gasteiger partial charge on any atom is 0.215 e. The second-order valence-corrected chi connectivity index (χ2v) is 7.44. The normalized spacial score (nSPS) is 13.2. The van der Waals surface area contributed by atoms with Crippen LogP contribution in [0.15, 0.2) is 29.8 Å². The zero-order chi connectivity index (χ0) is 16.4. The number of hydrogen-bond donors (Lipinski definition) is 1. The third kappa shape index (κ3) is 7.55. The van der Waals surface area contributed by atoms with Gasteiger partial charge < -0.3 is 0 Å². The summed E-state index contributed by atoms with van der Waals surface area (Å²) in [7, 11) is 0.